The minimum absolute atomic E-state index is 0.378. The van der Waals surface area contributed by atoms with Gasteiger partial charge in [-0.15, -0.1) is 0 Å². The summed E-state index contributed by atoms with van der Waals surface area (Å²) in [7, 11) is 2.04. The lowest BCUT2D eigenvalue weighted by Gasteiger charge is -2.27. The van der Waals surface area contributed by atoms with Gasteiger partial charge in [-0.25, -0.2) is 0 Å². The van der Waals surface area contributed by atoms with E-state index in [9.17, 15) is 0 Å². The van der Waals surface area contributed by atoms with E-state index in [4.69, 9.17) is 4.74 Å². The summed E-state index contributed by atoms with van der Waals surface area (Å²) in [5.74, 6) is 0.967. The highest BCUT2D eigenvalue weighted by Gasteiger charge is 2.13. The Labute approximate surface area is 130 Å². The molecule has 0 aromatic heterocycles. The molecule has 0 saturated heterocycles. The average Bonchev–Trinajstić information content (AvgIpc) is 2.51. The van der Waals surface area contributed by atoms with Gasteiger partial charge in [0, 0.05) is 12.6 Å². The molecule has 1 aromatic carbocycles. The Morgan fingerprint density at radius 2 is 1.62 bits per heavy atom. The lowest BCUT2D eigenvalue weighted by atomic mass is 10.1. The Morgan fingerprint density at radius 3 is 2.10 bits per heavy atom. The maximum absolute atomic E-state index is 5.65. The monoisotopic (exact) mass is 292 g/mol. The van der Waals surface area contributed by atoms with Crippen LogP contribution in [0.4, 0.5) is 0 Å². The summed E-state index contributed by atoms with van der Waals surface area (Å²) in [6, 6.07) is 8.91. The summed E-state index contributed by atoms with van der Waals surface area (Å²) >= 11 is 0. The molecule has 1 N–H and O–H groups in total. The summed E-state index contributed by atoms with van der Waals surface area (Å²) in [4.78, 5) is 2.54. The molecule has 0 aliphatic carbocycles. The van der Waals surface area contributed by atoms with E-state index in [2.05, 4.69) is 55.3 Å². The highest BCUT2D eigenvalue weighted by molar-refractivity contribution is 5.29. The van der Waals surface area contributed by atoms with Crippen molar-refractivity contribution in [3.05, 3.63) is 29.8 Å². The van der Waals surface area contributed by atoms with Gasteiger partial charge < -0.3 is 15.0 Å². The number of likely N-dealkylation sites (N-methyl/N-ethyl adjacent to an activating group) is 1. The van der Waals surface area contributed by atoms with Crippen molar-refractivity contribution in [2.75, 3.05) is 33.3 Å². The molecule has 0 heterocycles. The molecule has 21 heavy (non-hydrogen) atoms. The molecule has 1 rings (SSSR count). The second kappa shape index (κ2) is 10.6. The Bertz CT molecular complexity index is 358. The normalized spacial score (nSPS) is 12.6. The van der Waals surface area contributed by atoms with Crippen molar-refractivity contribution in [1.82, 2.24) is 10.2 Å². The van der Waals surface area contributed by atoms with Crippen LogP contribution < -0.4 is 10.1 Å². The maximum Gasteiger partial charge on any atom is 0.119 e. The number of nitrogens with one attached hydrogen (secondary N) is 1. The number of hydrogen-bond acceptors (Lipinski definition) is 3. The van der Waals surface area contributed by atoms with Crippen molar-refractivity contribution < 1.29 is 4.74 Å². The van der Waals surface area contributed by atoms with Crippen LogP contribution in [0.25, 0.3) is 0 Å². The molecule has 1 aromatic rings. The first-order valence-corrected chi connectivity index (χ1v) is 8.37. The third-order valence-electron chi connectivity index (χ3n) is 3.62. The number of hydrogen-bond donors (Lipinski definition) is 1. The maximum atomic E-state index is 5.65. The predicted molar refractivity (Wildman–Crippen MR) is 91.1 cm³/mol. The summed E-state index contributed by atoms with van der Waals surface area (Å²) in [5.41, 5.74) is 1.33. The van der Waals surface area contributed by atoms with Crippen LogP contribution in [0.3, 0.4) is 0 Å². The topological polar surface area (TPSA) is 24.5 Å². The lowest BCUT2D eigenvalue weighted by molar-refractivity contribution is 0.247. The quantitative estimate of drug-likeness (QED) is 0.670. The van der Waals surface area contributed by atoms with Crippen molar-refractivity contribution in [3.63, 3.8) is 0 Å². The fraction of sp³-hybridized carbons (Fsp3) is 0.667. The van der Waals surface area contributed by atoms with Crippen LogP contribution in [-0.4, -0.2) is 38.2 Å². The van der Waals surface area contributed by atoms with Gasteiger partial charge in [0.1, 0.15) is 5.75 Å². The van der Waals surface area contributed by atoms with Crippen LogP contribution in [0.1, 0.15) is 51.6 Å². The number of ether oxygens (including phenoxy) is 1. The molecule has 0 fully saturated rings. The van der Waals surface area contributed by atoms with E-state index in [1.807, 2.05) is 7.05 Å². The van der Waals surface area contributed by atoms with Crippen molar-refractivity contribution in [2.45, 2.75) is 46.1 Å². The van der Waals surface area contributed by atoms with Crippen LogP contribution >= 0.6 is 0 Å². The van der Waals surface area contributed by atoms with Gasteiger partial charge in [0.25, 0.3) is 0 Å². The first-order valence-electron chi connectivity index (χ1n) is 8.37. The Balaban J connectivity index is 2.65. The molecule has 1 unspecified atom stereocenters. The van der Waals surface area contributed by atoms with E-state index in [0.717, 1.165) is 25.3 Å². The predicted octanol–water partition coefficient (Wildman–Crippen LogP) is 3.86. The van der Waals surface area contributed by atoms with Gasteiger partial charge in [-0.3, -0.25) is 0 Å². The molecule has 120 valence electrons. The molecular weight excluding hydrogens is 260 g/mol. The fourth-order valence-electron chi connectivity index (χ4n) is 2.56. The fourth-order valence-corrected chi connectivity index (χ4v) is 2.56. The minimum Gasteiger partial charge on any atom is -0.494 e. The van der Waals surface area contributed by atoms with E-state index < -0.39 is 0 Å². The number of rotatable bonds is 11. The van der Waals surface area contributed by atoms with Gasteiger partial charge in [0.2, 0.25) is 0 Å². The van der Waals surface area contributed by atoms with Crippen molar-refractivity contribution >= 4 is 0 Å². The molecule has 3 heteroatoms. The summed E-state index contributed by atoms with van der Waals surface area (Å²) < 4.78 is 5.65. The standard InChI is InChI=1S/C18H32N2O/c1-5-12-20(13-6-2)15-18(19-4)16-8-10-17(11-9-16)21-14-7-3/h8-11,18-19H,5-7,12-15H2,1-4H3. The van der Waals surface area contributed by atoms with E-state index in [0.29, 0.717) is 6.04 Å². The Kier molecular flexibility index (Phi) is 9.11. The van der Waals surface area contributed by atoms with Gasteiger partial charge in [-0.1, -0.05) is 32.9 Å². The third kappa shape index (κ3) is 6.49. The molecule has 0 saturated carbocycles. The Morgan fingerprint density at radius 1 is 1.00 bits per heavy atom. The molecule has 0 spiro atoms. The lowest BCUT2D eigenvalue weighted by Crippen LogP contribution is -2.34. The van der Waals surface area contributed by atoms with Gasteiger partial charge in [-0.05, 0) is 57.1 Å². The van der Waals surface area contributed by atoms with E-state index >= 15 is 0 Å². The highest BCUT2D eigenvalue weighted by Crippen LogP contribution is 2.19. The molecule has 0 amide bonds. The Hall–Kier alpha value is -1.06. The minimum atomic E-state index is 0.378. The highest BCUT2D eigenvalue weighted by atomic mass is 16.5. The summed E-state index contributed by atoms with van der Waals surface area (Å²) in [6.45, 7) is 10.8. The van der Waals surface area contributed by atoms with Crippen LogP contribution in [0, 0.1) is 0 Å². The van der Waals surface area contributed by atoms with Gasteiger partial charge >= 0.3 is 0 Å². The second-order valence-electron chi connectivity index (χ2n) is 5.56. The van der Waals surface area contributed by atoms with Crippen LogP contribution in [-0.2, 0) is 0 Å². The largest absolute Gasteiger partial charge is 0.494 e. The van der Waals surface area contributed by atoms with Crippen molar-refractivity contribution in [1.29, 1.82) is 0 Å². The number of benzene rings is 1. The third-order valence-corrected chi connectivity index (χ3v) is 3.62. The number of nitrogens with zero attached hydrogens (tertiary/aromatic N) is 1. The zero-order valence-electron chi connectivity index (χ0n) is 14.2. The first kappa shape index (κ1) is 18.0. The zero-order valence-corrected chi connectivity index (χ0v) is 14.2. The van der Waals surface area contributed by atoms with Crippen LogP contribution in [0.2, 0.25) is 0 Å². The smallest absolute Gasteiger partial charge is 0.119 e. The molecule has 0 radical (unpaired) electrons. The summed E-state index contributed by atoms with van der Waals surface area (Å²) in [5, 5.41) is 3.45. The summed E-state index contributed by atoms with van der Waals surface area (Å²) in [6.07, 6.45) is 3.46. The van der Waals surface area contributed by atoms with Gasteiger partial charge in [-0.2, -0.15) is 0 Å². The second-order valence-corrected chi connectivity index (χ2v) is 5.56. The average molecular weight is 292 g/mol. The van der Waals surface area contributed by atoms with E-state index in [1.54, 1.807) is 0 Å². The SMILES string of the molecule is CCCOc1ccc(C(CN(CCC)CCC)NC)cc1. The van der Waals surface area contributed by atoms with E-state index in [-0.39, 0.29) is 0 Å². The molecule has 0 bridgehead atoms. The van der Waals surface area contributed by atoms with Crippen molar-refractivity contribution in [2.24, 2.45) is 0 Å². The molecule has 3 nitrogen and oxygen atoms in total. The van der Waals surface area contributed by atoms with Gasteiger partial charge in [0.05, 0.1) is 6.61 Å². The molecular formula is C18H32N2O. The molecule has 1 atom stereocenters. The zero-order chi connectivity index (χ0) is 15.5. The first-order chi connectivity index (χ1) is 10.2. The van der Waals surface area contributed by atoms with Crippen LogP contribution in [0.15, 0.2) is 24.3 Å². The molecule has 0 aliphatic heterocycles. The van der Waals surface area contributed by atoms with Gasteiger partial charge in [0.15, 0.2) is 0 Å². The molecule has 0 aliphatic rings. The van der Waals surface area contributed by atoms with Crippen molar-refractivity contribution in [3.8, 4) is 5.75 Å². The van der Waals surface area contributed by atoms with Crippen LogP contribution in [0.5, 0.6) is 5.75 Å². The van der Waals surface area contributed by atoms with E-state index in [1.165, 1.54) is 31.5 Å².